The highest BCUT2D eigenvalue weighted by Gasteiger charge is 2.18. The summed E-state index contributed by atoms with van der Waals surface area (Å²) >= 11 is 4.82. The van der Waals surface area contributed by atoms with Crippen molar-refractivity contribution in [2.75, 3.05) is 5.32 Å². The largest absolute Gasteiger partial charge is 0.298 e. The second-order valence-electron chi connectivity index (χ2n) is 5.22. The SMILES string of the molecule is CC(C)(C)c1csc(NC(=O)c2ccccc2Br)n1. The van der Waals surface area contributed by atoms with Crippen LogP contribution < -0.4 is 5.32 Å². The molecular formula is C14H15BrN2OS. The van der Waals surface area contributed by atoms with Crippen molar-refractivity contribution in [2.45, 2.75) is 26.2 Å². The number of anilines is 1. The van der Waals surface area contributed by atoms with Gasteiger partial charge >= 0.3 is 0 Å². The molecule has 0 fully saturated rings. The Hall–Kier alpha value is -1.20. The number of amides is 1. The van der Waals surface area contributed by atoms with Gasteiger partial charge in [0.1, 0.15) is 0 Å². The third kappa shape index (κ3) is 3.42. The van der Waals surface area contributed by atoms with Gasteiger partial charge in [-0.3, -0.25) is 10.1 Å². The highest BCUT2D eigenvalue weighted by atomic mass is 79.9. The van der Waals surface area contributed by atoms with E-state index in [1.807, 2.05) is 23.6 Å². The summed E-state index contributed by atoms with van der Waals surface area (Å²) in [6, 6.07) is 7.33. The highest BCUT2D eigenvalue weighted by molar-refractivity contribution is 9.10. The molecule has 0 atom stereocenters. The van der Waals surface area contributed by atoms with Gasteiger partial charge in [-0.15, -0.1) is 11.3 Å². The number of hydrogen-bond acceptors (Lipinski definition) is 3. The van der Waals surface area contributed by atoms with E-state index in [1.165, 1.54) is 11.3 Å². The summed E-state index contributed by atoms with van der Waals surface area (Å²) in [7, 11) is 0. The molecule has 0 saturated carbocycles. The lowest BCUT2D eigenvalue weighted by Gasteiger charge is -2.14. The fourth-order valence-corrected chi connectivity index (χ4v) is 2.88. The standard InChI is InChI=1S/C14H15BrN2OS/c1-14(2,3)11-8-19-13(16-11)17-12(18)9-6-4-5-7-10(9)15/h4-8H,1-3H3,(H,16,17,18). The van der Waals surface area contributed by atoms with Gasteiger partial charge in [-0.25, -0.2) is 4.98 Å². The molecule has 1 heterocycles. The Bertz CT molecular complexity index is 601. The van der Waals surface area contributed by atoms with Crippen molar-refractivity contribution in [2.24, 2.45) is 0 Å². The third-order valence-electron chi connectivity index (χ3n) is 2.61. The first kappa shape index (κ1) is 14.2. The van der Waals surface area contributed by atoms with Crippen molar-refractivity contribution in [1.29, 1.82) is 0 Å². The topological polar surface area (TPSA) is 42.0 Å². The Balaban J connectivity index is 2.16. The van der Waals surface area contributed by atoms with Crippen LogP contribution in [0.15, 0.2) is 34.1 Å². The van der Waals surface area contributed by atoms with E-state index >= 15 is 0 Å². The molecule has 1 aromatic heterocycles. The number of benzene rings is 1. The van der Waals surface area contributed by atoms with E-state index in [-0.39, 0.29) is 11.3 Å². The average molecular weight is 339 g/mol. The molecule has 1 aromatic carbocycles. The summed E-state index contributed by atoms with van der Waals surface area (Å²) in [6.45, 7) is 6.30. The van der Waals surface area contributed by atoms with Gasteiger partial charge in [-0.1, -0.05) is 32.9 Å². The molecule has 1 N–H and O–H groups in total. The van der Waals surface area contributed by atoms with E-state index in [2.05, 4.69) is 47.0 Å². The minimum absolute atomic E-state index is 0.00714. The molecule has 2 rings (SSSR count). The second-order valence-corrected chi connectivity index (χ2v) is 6.93. The number of rotatable bonds is 2. The quantitative estimate of drug-likeness (QED) is 0.878. The van der Waals surface area contributed by atoms with Crippen LogP contribution in [-0.2, 0) is 5.41 Å². The van der Waals surface area contributed by atoms with Gasteiger partial charge in [-0.05, 0) is 28.1 Å². The number of aromatic nitrogens is 1. The number of carbonyl (C=O) groups is 1. The molecule has 0 saturated heterocycles. The summed E-state index contributed by atoms with van der Waals surface area (Å²) in [5.41, 5.74) is 1.59. The number of hydrogen-bond donors (Lipinski definition) is 1. The van der Waals surface area contributed by atoms with Crippen molar-refractivity contribution in [3.63, 3.8) is 0 Å². The zero-order chi connectivity index (χ0) is 14.0. The van der Waals surface area contributed by atoms with E-state index in [9.17, 15) is 4.79 Å². The van der Waals surface area contributed by atoms with E-state index < -0.39 is 0 Å². The maximum atomic E-state index is 12.1. The highest BCUT2D eigenvalue weighted by Crippen LogP contribution is 2.27. The van der Waals surface area contributed by atoms with Crippen molar-refractivity contribution in [3.05, 3.63) is 45.4 Å². The lowest BCUT2D eigenvalue weighted by molar-refractivity contribution is 0.102. The molecule has 2 aromatic rings. The van der Waals surface area contributed by atoms with Gasteiger partial charge in [0.05, 0.1) is 11.3 Å². The van der Waals surface area contributed by atoms with Crippen LogP contribution in [0.2, 0.25) is 0 Å². The minimum atomic E-state index is -0.151. The predicted molar refractivity (Wildman–Crippen MR) is 82.9 cm³/mol. The van der Waals surface area contributed by atoms with Crippen LogP contribution in [0.5, 0.6) is 0 Å². The lowest BCUT2D eigenvalue weighted by Crippen LogP contribution is -2.14. The summed E-state index contributed by atoms with van der Waals surface area (Å²) in [4.78, 5) is 16.6. The predicted octanol–water partition coefficient (Wildman–Crippen LogP) is 4.46. The first-order valence-corrected chi connectivity index (χ1v) is 7.57. The lowest BCUT2D eigenvalue weighted by atomic mass is 9.93. The first-order valence-electron chi connectivity index (χ1n) is 5.90. The maximum Gasteiger partial charge on any atom is 0.258 e. The summed E-state index contributed by atoms with van der Waals surface area (Å²) in [5.74, 6) is -0.151. The molecule has 0 unspecified atom stereocenters. The van der Waals surface area contributed by atoms with Gasteiger partial charge in [0.25, 0.3) is 5.91 Å². The molecule has 3 nitrogen and oxygen atoms in total. The van der Waals surface area contributed by atoms with Crippen LogP contribution in [0, 0.1) is 0 Å². The van der Waals surface area contributed by atoms with Crippen LogP contribution in [0.3, 0.4) is 0 Å². The smallest absolute Gasteiger partial charge is 0.258 e. The van der Waals surface area contributed by atoms with Crippen molar-refractivity contribution < 1.29 is 4.79 Å². The number of thiazole rings is 1. The Morgan fingerprint density at radius 3 is 2.58 bits per heavy atom. The van der Waals surface area contributed by atoms with Gasteiger partial charge in [0, 0.05) is 15.3 Å². The van der Waals surface area contributed by atoms with Crippen molar-refractivity contribution in [1.82, 2.24) is 4.98 Å². The summed E-state index contributed by atoms with van der Waals surface area (Å²) in [5, 5.41) is 5.44. The van der Waals surface area contributed by atoms with Crippen LogP contribution >= 0.6 is 27.3 Å². The summed E-state index contributed by atoms with van der Waals surface area (Å²) in [6.07, 6.45) is 0. The van der Waals surface area contributed by atoms with Gasteiger partial charge in [0.2, 0.25) is 0 Å². The zero-order valence-electron chi connectivity index (χ0n) is 11.0. The number of carbonyl (C=O) groups excluding carboxylic acids is 1. The zero-order valence-corrected chi connectivity index (χ0v) is 13.4. The molecule has 0 bridgehead atoms. The Labute approximate surface area is 125 Å². The van der Waals surface area contributed by atoms with Gasteiger partial charge in [-0.2, -0.15) is 0 Å². The molecule has 0 radical (unpaired) electrons. The number of nitrogens with one attached hydrogen (secondary N) is 1. The molecule has 19 heavy (non-hydrogen) atoms. The molecular weight excluding hydrogens is 324 g/mol. The normalized spacial score (nSPS) is 11.4. The third-order valence-corrected chi connectivity index (χ3v) is 4.06. The Morgan fingerprint density at radius 2 is 2.00 bits per heavy atom. The van der Waals surface area contributed by atoms with E-state index in [0.717, 1.165) is 10.2 Å². The van der Waals surface area contributed by atoms with Crippen molar-refractivity contribution >= 4 is 38.3 Å². The van der Waals surface area contributed by atoms with E-state index in [4.69, 9.17) is 0 Å². The molecule has 0 aliphatic heterocycles. The molecule has 0 spiro atoms. The average Bonchev–Trinajstić information content (AvgIpc) is 2.77. The molecule has 100 valence electrons. The molecule has 0 aliphatic rings. The Kier molecular flexibility index (Phi) is 4.06. The van der Waals surface area contributed by atoms with Gasteiger partial charge in [0.15, 0.2) is 5.13 Å². The van der Waals surface area contributed by atoms with Crippen LogP contribution in [0.1, 0.15) is 36.8 Å². The monoisotopic (exact) mass is 338 g/mol. The number of nitrogens with zero attached hydrogens (tertiary/aromatic N) is 1. The van der Waals surface area contributed by atoms with Crippen LogP contribution in [0.25, 0.3) is 0 Å². The fraction of sp³-hybridized carbons (Fsp3) is 0.286. The summed E-state index contributed by atoms with van der Waals surface area (Å²) < 4.78 is 0.778. The first-order chi connectivity index (χ1) is 8.88. The maximum absolute atomic E-state index is 12.1. The van der Waals surface area contributed by atoms with Crippen molar-refractivity contribution in [3.8, 4) is 0 Å². The number of halogens is 1. The van der Waals surface area contributed by atoms with Crippen LogP contribution in [0.4, 0.5) is 5.13 Å². The molecule has 0 aliphatic carbocycles. The van der Waals surface area contributed by atoms with Gasteiger partial charge < -0.3 is 0 Å². The Morgan fingerprint density at radius 1 is 1.32 bits per heavy atom. The van der Waals surface area contributed by atoms with E-state index in [0.29, 0.717) is 10.7 Å². The van der Waals surface area contributed by atoms with Crippen LogP contribution in [-0.4, -0.2) is 10.9 Å². The second kappa shape index (κ2) is 5.43. The molecule has 5 heteroatoms. The molecule has 1 amide bonds. The van der Waals surface area contributed by atoms with E-state index in [1.54, 1.807) is 6.07 Å². The minimum Gasteiger partial charge on any atom is -0.298 e. The fourth-order valence-electron chi connectivity index (χ4n) is 1.49.